The zero-order chi connectivity index (χ0) is 16.7. The molecule has 0 saturated heterocycles. The van der Waals surface area contributed by atoms with Gasteiger partial charge in [0.1, 0.15) is 0 Å². The molecule has 0 bridgehead atoms. The van der Waals surface area contributed by atoms with Gasteiger partial charge in [0.2, 0.25) is 0 Å². The van der Waals surface area contributed by atoms with Crippen molar-refractivity contribution in [1.82, 2.24) is 0 Å². The molecule has 0 aliphatic carbocycles. The van der Waals surface area contributed by atoms with E-state index >= 15 is 0 Å². The first-order chi connectivity index (χ1) is 11.2. The topological polar surface area (TPSA) is 67.2 Å². The number of carbonyl (C=O) groups is 2. The largest absolute Gasteiger partial charge is 0.468 e. The molecule has 0 fully saturated rings. The van der Waals surface area contributed by atoms with Crippen LogP contribution in [0, 0.1) is 17.2 Å². The second-order valence-electron chi connectivity index (χ2n) is 5.14. The van der Waals surface area contributed by atoms with Crippen molar-refractivity contribution in [3.63, 3.8) is 0 Å². The fourth-order valence-corrected chi connectivity index (χ4v) is 2.50. The van der Waals surface area contributed by atoms with Crippen molar-refractivity contribution in [2.75, 3.05) is 7.11 Å². The molecule has 0 aliphatic heterocycles. The minimum absolute atomic E-state index is 0.0708. The maximum Gasteiger partial charge on any atom is 0.323 e. The van der Waals surface area contributed by atoms with Crippen molar-refractivity contribution in [3.8, 4) is 6.07 Å². The van der Waals surface area contributed by atoms with E-state index in [1.54, 1.807) is 24.3 Å². The molecular weight excluding hydrogens is 290 g/mol. The number of esters is 1. The molecule has 0 radical (unpaired) electrons. The van der Waals surface area contributed by atoms with Crippen LogP contribution in [0.2, 0.25) is 0 Å². The van der Waals surface area contributed by atoms with Crippen molar-refractivity contribution in [3.05, 3.63) is 71.8 Å². The second kappa shape index (κ2) is 7.90. The summed E-state index contributed by atoms with van der Waals surface area (Å²) in [6.07, 6.45) is 0.0708. The molecule has 0 saturated carbocycles. The van der Waals surface area contributed by atoms with Gasteiger partial charge in [-0.15, -0.1) is 0 Å². The van der Waals surface area contributed by atoms with Crippen LogP contribution in [0.1, 0.15) is 28.3 Å². The molecule has 0 aliphatic rings. The van der Waals surface area contributed by atoms with Crippen molar-refractivity contribution in [1.29, 1.82) is 5.26 Å². The summed E-state index contributed by atoms with van der Waals surface area (Å²) in [7, 11) is 1.24. The number of ketones is 1. The van der Waals surface area contributed by atoms with Crippen LogP contribution in [-0.4, -0.2) is 18.9 Å². The Labute approximate surface area is 135 Å². The SMILES string of the molecule is COC(=O)C(C#N)[C@H](CC(=O)c1ccccc1)c1ccccc1. The summed E-state index contributed by atoms with van der Waals surface area (Å²) in [4.78, 5) is 24.4. The Morgan fingerprint density at radius 1 is 1.04 bits per heavy atom. The third-order valence-corrected chi connectivity index (χ3v) is 3.73. The first-order valence-electron chi connectivity index (χ1n) is 7.28. The van der Waals surface area contributed by atoms with E-state index in [1.807, 2.05) is 42.5 Å². The Morgan fingerprint density at radius 3 is 2.13 bits per heavy atom. The highest BCUT2D eigenvalue weighted by molar-refractivity contribution is 5.97. The Bertz CT molecular complexity index is 704. The third-order valence-electron chi connectivity index (χ3n) is 3.73. The van der Waals surface area contributed by atoms with Gasteiger partial charge in [-0.05, 0) is 5.56 Å². The lowest BCUT2D eigenvalue weighted by molar-refractivity contribution is -0.144. The molecule has 2 rings (SSSR count). The van der Waals surface area contributed by atoms with Crippen molar-refractivity contribution in [2.45, 2.75) is 12.3 Å². The molecule has 4 heteroatoms. The molecule has 4 nitrogen and oxygen atoms in total. The highest BCUT2D eigenvalue weighted by atomic mass is 16.5. The van der Waals surface area contributed by atoms with Crippen molar-refractivity contribution >= 4 is 11.8 Å². The highest BCUT2D eigenvalue weighted by Crippen LogP contribution is 2.30. The molecule has 2 aromatic carbocycles. The van der Waals surface area contributed by atoms with E-state index in [0.29, 0.717) is 5.56 Å². The number of benzene rings is 2. The molecule has 1 unspecified atom stereocenters. The maximum absolute atomic E-state index is 12.5. The third kappa shape index (κ3) is 4.04. The van der Waals surface area contributed by atoms with Gasteiger partial charge in [-0.2, -0.15) is 5.26 Å². The molecule has 2 atom stereocenters. The Morgan fingerprint density at radius 2 is 1.61 bits per heavy atom. The number of nitrogens with zero attached hydrogens (tertiary/aromatic N) is 1. The lowest BCUT2D eigenvalue weighted by Gasteiger charge is -2.20. The smallest absolute Gasteiger partial charge is 0.323 e. The summed E-state index contributed by atoms with van der Waals surface area (Å²) in [6, 6.07) is 20.0. The standard InChI is InChI=1S/C19H17NO3/c1-23-19(22)17(13-20)16(14-8-4-2-5-9-14)12-18(21)15-10-6-3-7-11-15/h2-11,16-17H,12H2,1H3/t16-,17?/m1/s1. The predicted molar refractivity (Wildman–Crippen MR) is 85.7 cm³/mol. The van der Waals surface area contributed by atoms with Gasteiger partial charge in [-0.25, -0.2) is 0 Å². The number of Topliss-reactive ketones (excluding diaryl/α,β-unsaturated/α-hetero) is 1. The number of hydrogen-bond donors (Lipinski definition) is 0. The number of nitriles is 1. The Kier molecular flexibility index (Phi) is 5.65. The molecule has 23 heavy (non-hydrogen) atoms. The van der Waals surface area contributed by atoms with Crippen LogP contribution in [-0.2, 0) is 9.53 Å². The van der Waals surface area contributed by atoms with Gasteiger partial charge < -0.3 is 4.74 Å². The maximum atomic E-state index is 12.5. The normalized spacial score (nSPS) is 12.7. The van der Waals surface area contributed by atoms with Crippen molar-refractivity contribution in [2.24, 2.45) is 5.92 Å². The quantitative estimate of drug-likeness (QED) is 0.606. The van der Waals surface area contributed by atoms with Crippen LogP contribution in [0.5, 0.6) is 0 Å². The minimum atomic E-state index is -1.02. The average Bonchev–Trinajstić information content (AvgIpc) is 2.62. The Hall–Kier alpha value is -2.93. The number of ether oxygens (including phenoxy) is 1. The summed E-state index contributed by atoms with van der Waals surface area (Å²) < 4.78 is 4.72. The van der Waals surface area contributed by atoms with E-state index in [0.717, 1.165) is 5.56 Å². The molecule has 0 aromatic heterocycles. The number of methoxy groups -OCH3 is 1. The summed E-state index contributed by atoms with van der Waals surface area (Å²) in [5.41, 5.74) is 1.34. The van der Waals surface area contributed by atoms with Gasteiger partial charge >= 0.3 is 5.97 Å². The van der Waals surface area contributed by atoms with E-state index in [1.165, 1.54) is 7.11 Å². The van der Waals surface area contributed by atoms with E-state index < -0.39 is 17.8 Å². The van der Waals surface area contributed by atoms with Gasteiger partial charge in [0.15, 0.2) is 11.7 Å². The second-order valence-corrected chi connectivity index (χ2v) is 5.14. The van der Waals surface area contributed by atoms with Gasteiger partial charge in [-0.1, -0.05) is 60.7 Å². The highest BCUT2D eigenvalue weighted by Gasteiger charge is 2.32. The summed E-state index contributed by atoms with van der Waals surface area (Å²) in [6.45, 7) is 0. The molecule has 116 valence electrons. The number of carbonyl (C=O) groups excluding carboxylic acids is 2. The van der Waals surface area contributed by atoms with Gasteiger partial charge in [-0.3, -0.25) is 9.59 Å². The van der Waals surface area contributed by atoms with Crippen LogP contribution in [0.3, 0.4) is 0 Å². The van der Waals surface area contributed by atoms with Crippen molar-refractivity contribution < 1.29 is 14.3 Å². The number of rotatable bonds is 6. The van der Waals surface area contributed by atoms with Crippen LogP contribution in [0.25, 0.3) is 0 Å². The van der Waals surface area contributed by atoms with Crippen LogP contribution in [0.15, 0.2) is 60.7 Å². The Balaban J connectivity index is 2.33. The van der Waals surface area contributed by atoms with Crippen LogP contribution in [0.4, 0.5) is 0 Å². The van der Waals surface area contributed by atoms with Gasteiger partial charge in [0.05, 0.1) is 13.2 Å². The average molecular weight is 307 g/mol. The van der Waals surface area contributed by atoms with E-state index in [-0.39, 0.29) is 12.2 Å². The van der Waals surface area contributed by atoms with E-state index in [9.17, 15) is 14.9 Å². The predicted octanol–water partition coefficient (Wildman–Crippen LogP) is 3.36. The van der Waals surface area contributed by atoms with E-state index in [2.05, 4.69) is 0 Å². The molecule has 0 amide bonds. The lowest BCUT2D eigenvalue weighted by atomic mass is 9.82. The summed E-state index contributed by atoms with van der Waals surface area (Å²) in [5, 5.41) is 9.38. The van der Waals surface area contributed by atoms with Gasteiger partial charge in [0, 0.05) is 17.9 Å². The zero-order valence-electron chi connectivity index (χ0n) is 12.8. The van der Waals surface area contributed by atoms with Crippen LogP contribution >= 0.6 is 0 Å². The van der Waals surface area contributed by atoms with E-state index in [4.69, 9.17) is 4.74 Å². The fourth-order valence-electron chi connectivity index (χ4n) is 2.50. The summed E-state index contributed by atoms with van der Waals surface area (Å²) in [5.74, 6) is -2.29. The van der Waals surface area contributed by atoms with Crippen LogP contribution < -0.4 is 0 Å². The zero-order valence-corrected chi connectivity index (χ0v) is 12.8. The first kappa shape index (κ1) is 16.4. The minimum Gasteiger partial charge on any atom is -0.468 e. The molecule has 2 aromatic rings. The molecule has 0 spiro atoms. The lowest BCUT2D eigenvalue weighted by Crippen LogP contribution is -2.24. The fraction of sp³-hybridized carbons (Fsp3) is 0.211. The van der Waals surface area contributed by atoms with Gasteiger partial charge in [0.25, 0.3) is 0 Å². The molecule has 0 heterocycles. The summed E-state index contributed by atoms with van der Waals surface area (Å²) >= 11 is 0. The first-order valence-corrected chi connectivity index (χ1v) is 7.28. The molecular formula is C19H17NO3. The molecule has 0 N–H and O–H groups in total. The number of hydrogen-bond acceptors (Lipinski definition) is 4. The monoisotopic (exact) mass is 307 g/mol.